The van der Waals surface area contributed by atoms with E-state index in [-0.39, 0.29) is 12.0 Å². The zero-order valence-corrected chi connectivity index (χ0v) is 9.95. The van der Waals surface area contributed by atoms with Gasteiger partial charge in [0.15, 0.2) is 0 Å². The van der Waals surface area contributed by atoms with Crippen LogP contribution in [0, 0.1) is 17.8 Å². The molecule has 0 spiro atoms. The molecule has 2 saturated carbocycles. The van der Waals surface area contributed by atoms with Gasteiger partial charge in [0.05, 0.1) is 5.51 Å². The SMILES string of the molecule is NC1C2CCC(C2)C1C(=O)Cc1cncs1. The van der Waals surface area contributed by atoms with E-state index in [9.17, 15) is 4.79 Å². The summed E-state index contributed by atoms with van der Waals surface area (Å²) in [6.07, 6.45) is 5.95. The summed E-state index contributed by atoms with van der Waals surface area (Å²) < 4.78 is 0. The smallest absolute Gasteiger partial charge is 0.143 e. The maximum atomic E-state index is 12.2. The van der Waals surface area contributed by atoms with Gasteiger partial charge in [-0.3, -0.25) is 9.78 Å². The van der Waals surface area contributed by atoms with E-state index in [0.29, 0.717) is 24.0 Å². The van der Waals surface area contributed by atoms with Gasteiger partial charge >= 0.3 is 0 Å². The summed E-state index contributed by atoms with van der Waals surface area (Å²) in [6, 6.07) is 0.124. The van der Waals surface area contributed by atoms with Crippen LogP contribution in [0.2, 0.25) is 0 Å². The summed E-state index contributed by atoms with van der Waals surface area (Å²) in [5, 5.41) is 0. The number of fused-ring (bicyclic) bond motifs is 2. The van der Waals surface area contributed by atoms with Crippen molar-refractivity contribution in [3.05, 3.63) is 16.6 Å². The summed E-state index contributed by atoms with van der Waals surface area (Å²) in [7, 11) is 0. The predicted molar refractivity (Wildman–Crippen MR) is 63.1 cm³/mol. The van der Waals surface area contributed by atoms with E-state index >= 15 is 0 Å². The second-order valence-corrected chi connectivity index (χ2v) is 6.02. The molecule has 1 heterocycles. The summed E-state index contributed by atoms with van der Waals surface area (Å²) in [4.78, 5) is 17.3. The molecule has 1 aromatic heterocycles. The lowest BCUT2D eigenvalue weighted by Gasteiger charge is -2.26. The fraction of sp³-hybridized carbons (Fsp3) is 0.667. The van der Waals surface area contributed by atoms with Crippen molar-refractivity contribution in [2.45, 2.75) is 31.7 Å². The lowest BCUT2D eigenvalue weighted by molar-refractivity contribution is -0.124. The Bertz CT molecular complexity index is 388. The average molecular weight is 236 g/mol. The Kier molecular flexibility index (Phi) is 2.56. The molecule has 3 nitrogen and oxygen atoms in total. The zero-order valence-electron chi connectivity index (χ0n) is 9.13. The van der Waals surface area contributed by atoms with Gasteiger partial charge in [-0.2, -0.15) is 0 Å². The molecule has 16 heavy (non-hydrogen) atoms. The molecule has 0 aromatic carbocycles. The Morgan fingerprint density at radius 1 is 1.50 bits per heavy atom. The average Bonchev–Trinajstić information content (AvgIpc) is 2.92. The molecule has 4 heteroatoms. The Balaban J connectivity index is 1.71. The van der Waals surface area contributed by atoms with E-state index in [4.69, 9.17) is 5.73 Å². The third kappa shape index (κ3) is 1.60. The quantitative estimate of drug-likeness (QED) is 0.867. The minimum Gasteiger partial charge on any atom is -0.327 e. The number of nitrogens with zero attached hydrogens (tertiary/aromatic N) is 1. The third-order valence-electron chi connectivity index (χ3n) is 4.18. The van der Waals surface area contributed by atoms with Crippen LogP contribution in [0.3, 0.4) is 0 Å². The number of carbonyl (C=O) groups is 1. The Morgan fingerprint density at radius 3 is 2.94 bits per heavy atom. The van der Waals surface area contributed by atoms with Gasteiger partial charge in [0, 0.05) is 29.5 Å². The number of aromatic nitrogens is 1. The van der Waals surface area contributed by atoms with Crippen molar-refractivity contribution in [2.75, 3.05) is 0 Å². The van der Waals surface area contributed by atoms with E-state index in [1.807, 2.05) is 0 Å². The van der Waals surface area contributed by atoms with Gasteiger partial charge in [0.1, 0.15) is 5.78 Å². The largest absolute Gasteiger partial charge is 0.327 e. The fourth-order valence-electron chi connectivity index (χ4n) is 3.43. The normalized spacial score (nSPS) is 36.8. The number of carbonyl (C=O) groups excluding carboxylic acids is 1. The van der Waals surface area contributed by atoms with E-state index in [0.717, 1.165) is 4.88 Å². The van der Waals surface area contributed by atoms with Gasteiger partial charge in [-0.1, -0.05) is 0 Å². The monoisotopic (exact) mass is 236 g/mol. The minimum absolute atomic E-state index is 0.124. The molecule has 3 rings (SSSR count). The first-order valence-electron chi connectivity index (χ1n) is 5.91. The first-order valence-corrected chi connectivity index (χ1v) is 6.79. The maximum Gasteiger partial charge on any atom is 0.143 e. The highest BCUT2D eigenvalue weighted by Gasteiger charge is 2.48. The van der Waals surface area contributed by atoms with Gasteiger partial charge in [-0.15, -0.1) is 11.3 Å². The van der Waals surface area contributed by atoms with Crippen LogP contribution in [-0.4, -0.2) is 16.8 Å². The first kappa shape index (κ1) is 10.4. The Labute approximate surface area is 99.1 Å². The van der Waals surface area contributed by atoms with Crippen molar-refractivity contribution in [2.24, 2.45) is 23.5 Å². The molecule has 0 saturated heterocycles. The molecule has 2 aliphatic carbocycles. The number of hydrogen-bond acceptors (Lipinski definition) is 4. The van der Waals surface area contributed by atoms with Gasteiger partial charge in [-0.05, 0) is 31.1 Å². The first-order chi connectivity index (χ1) is 7.75. The van der Waals surface area contributed by atoms with E-state index in [1.54, 1.807) is 23.0 Å². The molecular weight excluding hydrogens is 220 g/mol. The topological polar surface area (TPSA) is 56.0 Å². The number of rotatable bonds is 3. The molecule has 2 bridgehead atoms. The lowest BCUT2D eigenvalue weighted by Crippen LogP contribution is -2.40. The van der Waals surface area contributed by atoms with E-state index in [2.05, 4.69) is 4.98 Å². The van der Waals surface area contributed by atoms with Crippen LogP contribution in [0.5, 0.6) is 0 Å². The molecule has 2 N–H and O–H groups in total. The Hall–Kier alpha value is -0.740. The predicted octanol–water partition coefficient (Wildman–Crippen LogP) is 1.63. The van der Waals surface area contributed by atoms with Crippen LogP contribution in [0.15, 0.2) is 11.7 Å². The van der Waals surface area contributed by atoms with Gasteiger partial charge in [0.25, 0.3) is 0 Å². The van der Waals surface area contributed by atoms with Crippen LogP contribution in [0.1, 0.15) is 24.1 Å². The number of hydrogen-bond donors (Lipinski definition) is 1. The van der Waals surface area contributed by atoms with Gasteiger partial charge in [-0.25, -0.2) is 0 Å². The fourth-order valence-corrected chi connectivity index (χ4v) is 4.04. The molecule has 0 radical (unpaired) electrons. The van der Waals surface area contributed by atoms with Crippen LogP contribution < -0.4 is 5.73 Å². The maximum absolute atomic E-state index is 12.2. The second-order valence-electron chi connectivity index (χ2n) is 5.05. The summed E-state index contributed by atoms with van der Waals surface area (Å²) in [5.74, 6) is 1.64. The van der Waals surface area contributed by atoms with Gasteiger partial charge < -0.3 is 5.73 Å². The number of nitrogens with two attached hydrogens (primary N) is 1. The van der Waals surface area contributed by atoms with E-state index < -0.39 is 0 Å². The summed E-state index contributed by atoms with van der Waals surface area (Å²) in [6.45, 7) is 0. The lowest BCUT2D eigenvalue weighted by atomic mass is 9.81. The second kappa shape index (κ2) is 3.93. The minimum atomic E-state index is 0.124. The molecule has 0 amide bonds. The zero-order chi connectivity index (χ0) is 11.1. The number of thiazole rings is 1. The molecule has 86 valence electrons. The number of ketones is 1. The third-order valence-corrected chi connectivity index (χ3v) is 4.96. The molecule has 2 fully saturated rings. The van der Waals surface area contributed by atoms with Crippen LogP contribution in [0.25, 0.3) is 0 Å². The molecule has 1 aromatic rings. The van der Waals surface area contributed by atoms with Crippen molar-refractivity contribution < 1.29 is 4.79 Å². The van der Waals surface area contributed by atoms with Crippen molar-refractivity contribution in [3.8, 4) is 0 Å². The molecule has 4 atom stereocenters. The molecule has 0 aliphatic heterocycles. The molecule has 4 unspecified atom stereocenters. The molecular formula is C12H16N2OS. The van der Waals surface area contributed by atoms with Crippen LogP contribution in [-0.2, 0) is 11.2 Å². The van der Waals surface area contributed by atoms with Crippen molar-refractivity contribution in [3.63, 3.8) is 0 Å². The van der Waals surface area contributed by atoms with Gasteiger partial charge in [0.2, 0.25) is 0 Å². The highest BCUT2D eigenvalue weighted by atomic mass is 32.1. The summed E-state index contributed by atoms with van der Waals surface area (Å²) in [5.41, 5.74) is 7.94. The van der Waals surface area contributed by atoms with E-state index in [1.165, 1.54) is 19.3 Å². The van der Waals surface area contributed by atoms with Crippen LogP contribution in [0.4, 0.5) is 0 Å². The summed E-state index contributed by atoms with van der Waals surface area (Å²) >= 11 is 1.56. The molecule has 2 aliphatic rings. The standard InChI is InChI=1S/C12H16N2OS/c13-12-8-2-1-7(3-8)11(12)10(15)4-9-5-14-6-16-9/h5-8,11-12H,1-4,13H2. The van der Waals surface area contributed by atoms with Crippen molar-refractivity contribution in [1.29, 1.82) is 0 Å². The van der Waals surface area contributed by atoms with Crippen LogP contribution >= 0.6 is 11.3 Å². The van der Waals surface area contributed by atoms with Crippen molar-refractivity contribution in [1.82, 2.24) is 4.98 Å². The van der Waals surface area contributed by atoms with Crippen molar-refractivity contribution >= 4 is 17.1 Å². The highest BCUT2D eigenvalue weighted by Crippen LogP contribution is 2.48. The number of Topliss-reactive ketones (excluding diaryl/α,β-unsaturated/α-hetero) is 1. The highest BCUT2D eigenvalue weighted by molar-refractivity contribution is 7.09. The Morgan fingerprint density at radius 2 is 2.31 bits per heavy atom.